The fourth-order valence-electron chi connectivity index (χ4n) is 1.72. The third kappa shape index (κ3) is 3.78. The van der Waals surface area contributed by atoms with Crippen LogP contribution < -0.4 is 5.32 Å². The van der Waals surface area contributed by atoms with Crippen LogP contribution in [0.3, 0.4) is 0 Å². The zero-order valence-electron chi connectivity index (χ0n) is 11.4. The molecule has 18 heavy (non-hydrogen) atoms. The highest BCUT2D eigenvalue weighted by molar-refractivity contribution is 7.91. The Balaban J connectivity index is 2.95. The Morgan fingerprint density at radius 3 is 2.61 bits per heavy atom. The molecule has 0 amide bonds. The summed E-state index contributed by atoms with van der Waals surface area (Å²) in [5.41, 5.74) is 1.02. The molecule has 0 aliphatic carbocycles. The summed E-state index contributed by atoms with van der Waals surface area (Å²) in [5, 5.41) is 4.92. The van der Waals surface area contributed by atoms with Crippen molar-refractivity contribution in [2.24, 2.45) is 5.92 Å². The van der Waals surface area contributed by atoms with Crippen LogP contribution in [0.4, 0.5) is 0 Å². The van der Waals surface area contributed by atoms with Gasteiger partial charge in [-0.15, -0.1) is 11.3 Å². The van der Waals surface area contributed by atoms with Crippen molar-refractivity contribution in [3.63, 3.8) is 0 Å². The average Bonchev–Trinajstić information content (AvgIpc) is 2.75. The van der Waals surface area contributed by atoms with Crippen LogP contribution in [-0.2, 0) is 16.6 Å². The van der Waals surface area contributed by atoms with Gasteiger partial charge in [0, 0.05) is 19.6 Å². The van der Waals surface area contributed by atoms with E-state index in [1.807, 2.05) is 33.2 Å². The Labute approximate surface area is 114 Å². The van der Waals surface area contributed by atoms with E-state index < -0.39 is 10.0 Å². The molecule has 6 heteroatoms. The van der Waals surface area contributed by atoms with Gasteiger partial charge in [0.25, 0.3) is 10.0 Å². The molecule has 0 spiro atoms. The van der Waals surface area contributed by atoms with Gasteiger partial charge in [-0.1, -0.05) is 20.8 Å². The number of nitrogens with zero attached hydrogens (tertiary/aromatic N) is 1. The molecule has 0 aliphatic rings. The highest BCUT2D eigenvalue weighted by Gasteiger charge is 2.25. The number of hydrogen-bond donors (Lipinski definition) is 1. The van der Waals surface area contributed by atoms with Gasteiger partial charge in [-0.25, -0.2) is 8.42 Å². The van der Waals surface area contributed by atoms with E-state index in [1.165, 1.54) is 11.3 Å². The summed E-state index contributed by atoms with van der Waals surface area (Å²) in [5.74, 6) is 0.330. The zero-order chi connectivity index (χ0) is 13.8. The lowest BCUT2D eigenvalue weighted by Crippen LogP contribution is -2.33. The molecule has 0 aromatic carbocycles. The van der Waals surface area contributed by atoms with E-state index in [4.69, 9.17) is 0 Å². The summed E-state index contributed by atoms with van der Waals surface area (Å²) >= 11 is 1.30. The van der Waals surface area contributed by atoms with Crippen molar-refractivity contribution in [1.82, 2.24) is 9.62 Å². The molecule has 4 nitrogen and oxygen atoms in total. The Kier molecular flexibility index (Phi) is 5.78. The van der Waals surface area contributed by atoms with E-state index >= 15 is 0 Å². The maximum Gasteiger partial charge on any atom is 0.252 e. The summed E-state index contributed by atoms with van der Waals surface area (Å²) in [4.78, 5) is 0. The van der Waals surface area contributed by atoms with Gasteiger partial charge in [0.15, 0.2) is 0 Å². The smallest absolute Gasteiger partial charge is 0.252 e. The largest absolute Gasteiger partial charge is 0.316 e. The molecule has 1 N–H and O–H groups in total. The van der Waals surface area contributed by atoms with E-state index in [9.17, 15) is 8.42 Å². The van der Waals surface area contributed by atoms with Gasteiger partial charge in [-0.2, -0.15) is 4.31 Å². The van der Waals surface area contributed by atoms with Crippen molar-refractivity contribution in [3.05, 3.63) is 17.0 Å². The van der Waals surface area contributed by atoms with Gasteiger partial charge >= 0.3 is 0 Å². The van der Waals surface area contributed by atoms with E-state index in [2.05, 4.69) is 5.32 Å². The van der Waals surface area contributed by atoms with Crippen LogP contribution in [0.15, 0.2) is 15.7 Å². The first-order valence-electron chi connectivity index (χ1n) is 6.14. The lowest BCUT2D eigenvalue weighted by atomic mass is 10.2. The van der Waals surface area contributed by atoms with Crippen LogP contribution in [0.1, 0.15) is 26.3 Å². The Bertz CT molecular complexity index is 466. The number of sulfonamides is 1. The van der Waals surface area contributed by atoms with Crippen molar-refractivity contribution in [3.8, 4) is 0 Å². The minimum absolute atomic E-state index is 0.330. The van der Waals surface area contributed by atoms with Gasteiger partial charge in [0.2, 0.25) is 0 Å². The first-order chi connectivity index (χ1) is 8.41. The third-order valence-corrected chi connectivity index (χ3v) is 5.93. The first kappa shape index (κ1) is 15.6. The molecule has 1 aromatic rings. The predicted octanol–water partition coefficient (Wildman–Crippen LogP) is 2.13. The van der Waals surface area contributed by atoms with Crippen LogP contribution in [-0.4, -0.2) is 32.9 Å². The van der Waals surface area contributed by atoms with Gasteiger partial charge in [-0.05, 0) is 30.0 Å². The molecule has 0 atom stereocenters. The van der Waals surface area contributed by atoms with Crippen molar-refractivity contribution in [1.29, 1.82) is 0 Å². The molecule has 1 aromatic heterocycles. The van der Waals surface area contributed by atoms with E-state index in [0.717, 1.165) is 5.56 Å². The van der Waals surface area contributed by atoms with Gasteiger partial charge in [0.1, 0.15) is 4.21 Å². The van der Waals surface area contributed by atoms with Crippen LogP contribution in [0.2, 0.25) is 0 Å². The quantitative estimate of drug-likeness (QED) is 0.837. The van der Waals surface area contributed by atoms with Crippen molar-refractivity contribution in [2.75, 3.05) is 20.1 Å². The summed E-state index contributed by atoms with van der Waals surface area (Å²) in [6.07, 6.45) is 0. The summed E-state index contributed by atoms with van der Waals surface area (Å²) < 4.78 is 26.9. The lowest BCUT2D eigenvalue weighted by Gasteiger charge is -2.21. The number of rotatable bonds is 7. The van der Waals surface area contributed by atoms with Crippen molar-refractivity contribution < 1.29 is 8.42 Å². The molecule has 0 radical (unpaired) electrons. The van der Waals surface area contributed by atoms with E-state index in [1.54, 1.807) is 10.4 Å². The average molecular weight is 290 g/mol. The lowest BCUT2D eigenvalue weighted by molar-refractivity contribution is 0.382. The van der Waals surface area contributed by atoms with E-state index in [-0.39, 0.29) is 0 Å². The first-order valence-corrected chi connectivity index (χ1v) is 8.46. The normalized spacial score (nSPS) is 12.6. The molecule has 1 heterocycles. The van der Waals surface area contributed by atoms with Crippen LogP contribution in [0.5, 0.6) is 0 Å². The monoisotopic (exact) mass is 290 g/mol. The minimum Gasteiger partial charge on any atom is -0.316 e. The Morgan fingerprint density at radius 1 is 1.44 bits per heavy atom. The topological polar surface area (TPSA) is 49.4 Å². The highest BCUT2D eigenvalue weighted by Crippen LogP contribution is 2.24. The molecule has 0 aliphatic heterocycles. The van der Waals surface area contributed by atoms with Crippen LogP contribution >= 0.6 is 11.3 Å². The molecule has 0 bridgehead atoms. The summed E-state index contributed by atoms with van der Waals surface area (Å²) in [6.45, 7) is 7.71. The van der Waals surface area contributed by atoms with Gasteiger partial charge in [0.05, 0.1) is 0 Å². The fourth-order valence-corrected chi connectivity index (χ4v) is 4.69. The fraction of sp³-hybridized carbons (Fsp3) is 0.667. The maximum atomic E-state index is 12.4. The zero-order valence-corrected chi connectivity index (χ0v) is 13.1. The minimum atomic E-state index is -3.32. The maximum absolute atomic E-state index is 12.4. The van der Waals surface area contributed by atoms with Gasteiger partial charge < -0.3 is 5.32 Å². The number of thiophene rings is 1. The SMILES string of the molecule is CCN(CC(C)C)S(=O)(=O)c1cc(CNC)cs1. The molecule has 104 valence electrons. The number of nitrogens with one attached hydrogen (secondary N) is 1. The second-order valence-corrected chi connectivity index (χ2v) is 7.73. The Hall–Kier alpha value is -0.430. The molecular weight excluding hydrogens is 268 g/mol. The second-order valence-electron chi connectivity index (χ2n) is 4.65. The summed E-state index contributed by atoms with van der Waals surface area (Å²) in [7, 11) is -1.47. The predicted molar refractivity (Wildman–Crippen MR) is 76.4 cm³/mol. The summed E-state index contributed by atoms with van der Waals surface area (Å²) in [6, 6.07) is 1.76. The molecule has 0 saturated heterocycles. The third-order valence-electron chi connectivity index (χ3n) is 2.53. The van der Waals surface area contributed by atoms with E-state index in [0.29, 0.717) is 29.8 Å². The molecule has 0 fully saturated rings. The molecule has 1 rings (SSSR count). The van der Waals surface area contributed by atoms with Crippen LogP contribution in [0.25, 0.3) is 0 Å². The second kappa shape index (κ2) is 6.65. The van der Waals surface area contributed by atoms with Crippen molar-refractivity contribution >= 4 is 21.4 Å². The molecule has 0 unspecified atom stereocenters. The Morgan fingerprint density at radius 2 is 2.11 bits per heavy atom. The van der Waals surface area contributed by atoms with Crippen LogP contribution in [0, 0.1) is 5.92 Å². The molecule has 0 saturated carbocycles. The van der Waals surface area contributed by atoms with Crippen molar-refractivity contribution in [2.45, 2.75) is 31.5 Å². The van der Waals surface area contributed by atoms with Gasteiger partial charge in [-0.3, -0.25) is 0 Å². The molecular formula is C12H22N2O2S2. The number of hydrogen-bond acceptors (Lipinski definition) is 4. The highest BCUT2D eigenvalue weighted by atomic mass is 32.2. The standard InChI is InChI=1S/C12H22N2O2S2/c1-5-14(8-10(2)3)18(15,16)12-6-11(7-13-4)9-17-12/h6,9-10,13H,5,7-8H2,1-4H3.